The highest BCUT2D eigenvalue weighted by Gasteiger charge is 2.31. The van der Waals surface area contributed by atoms with Crippen molar-refractivity contribution >= 4 is 11.8 Å². The maximum atomic E-state index is 13.0. The molecule has 0 spiro atoms. The average Bonchev–Trinajstić information content (AvgIpc) is 3.04. The molecule has 0 aliphatic heterocycles. The van der Waals surface area contributed by atoms with Crippen molar-refractivity contribution < 1.29 is 17.9 Å². The standard InChI is InChI=1S/C18H17F3N4OS/c1-26-15-4-2-13(3-5-15)8-11-27-17-24-23-16(14-6-9-22-10-7-14)25(17)12-18(19,20)21/h2-7,9-10H,8,11-12H2,1H3. The Labute approximate surface area is 158 Å². The predicted molar refractivity (Wildman–Crippen MR) is 96.7 cm³/mol. The van der Waals surface area contributed by atoms with Gasteiger partial charge in [0.25, 0.3) is 0 Å². The Morgan fingerprint density at radius 2 is 1.74 bits per heavy atom. The number of ether oxygens (including phenoxy) is 1. The molecule has 5 nitrogen and oxygen atoms in total. The molecule has 0 atom stereocenters. The van der Waals surface area contributed by atoms with Crippen molar-refractivity contribution in [1.82, 2.24) is 19.7 Å². The van der Waals surface area contributed by atoms with Gasteiger partial charge in [-0.3, -0.25) is 9.55 Å². The number of benzene rings is 1. The number of nitrogens with zero attached hydrogens (tertiary/aromatic N) is 4. The number of aromatic nitrogens is 4. The fourth-order valence-electron chi connectivity index (χ4n) is 2.48. The van der Waals surface area contributed by atoms with E-state index >= 15 is 0 Å². The third-order valence-electron chi connectivity index (χ3n) is 3.77. The molecule has 0 aliphatic carbocycles. The Morgan fingerprint density at radius 1 is 1.04 bits per heavy atom. The molecule has 2 aromatic heterocycles. The van der Waals surface area contributed by atoms with Crippen LogP contribution in [0.2, 0.25) is 0 Å². The Bertz CT molecular complexity index is 867. The molecular weight excluding hydrogens is 377 g/mol. The zero-order chi connectivity index (χ0) is 19.3. The van der Waals surface area contributed by atoms with Crippen LogP contribution >= 0.6 is 11.8 Å². The molecular formula is C18H17F3N4OS. The number of hydrogen-bond acceptors (Lipinski definition) is 5. The topological polar surface area (TPSA) is 52.8 Å². The van der Waals surface area contributed by atoms with Gasteiger partial charge < -0.3 is 4.74 Å². The molecule has 0 aliphatic rings. The molecule has 0 saturated heterocycles. The zero-order valence-corrected chi connectivity index (χ0v) is 15.3. The lowest BCUT2D eigenvalue weighted by Crippen LogP contribution is -2.19. The van der Waals surface area contributed by atoms with Gasteiger partial charge in [-0.1, -0.05) is 23.9 Å². The lowest BCUT2D eigenvalue weighted by molar-refractivity contribution is -0.141. The summed E-state index contributed by atoms with van der Waals surface area (Å²) < 4.78 is 45.3. The zero-order valence-electron chi connectivity index (χ0n) is 14.5. The number of pyridine rings is 1. The van der Waals surface area contributed by atoms with E-state index in [-0.39, 0.29) is 11.0 Å². The lowest BCUT2D eigenvalue weighted by Gasteiger charge is -2.12. The Kier molecular flexibility index (Phi) is 6.00. The first kappa shape index (κ1) is 19.2. The van der Waals surface area contributed by atoms with Crippen LogP contribution in [0.25, 0.3) is 11.4 Å². The Hall–Kier alpha value is -2.55. The van der Waals surface area contributed by atoms with E-state index in [4.69, 9.17) is 4.74 Å². The second-order valence-corrected chi connectivity index (χ2v) is 6.75. The summed E-state index contributed by atoms with van der Waals surface area (Å²) in [4.78, 5) is 3.88. The normalized spacial score (nSPS) is 11.6. The molecule has 27 heavy (non-hydrogen) atoms. The van der Waals surface area contributed by atoms with Crippen molar-refractivity contribution in [1.29, 1.82) is 0 Å². The molecule has 0 unspecified atom stereocenters. The van der Waals surface area contributed by atoms with Crippen LogP contribution < -0.4 is 4.74 Å². The summed E-state index contributed by atoms with van der Waals surface area (Å²) in [5.41, 5.74) is 1.61. The summed E-state index contributed by atoms with van der Waals surface area (Å²) >= 11 is 1.25. The van der Waals surface area contributed by atoms with E-state index in [1.54, 1.807) is 19.2 Å². The first-order chi connectivity index (χ1) is 13.0. The van der Waals surface area contributed by atoms with Crippen molar-refractivity contribution in [3.63, 3.8) is 0 Å². The number of halogens is 3. The molecule has 0 N–H and O–H groups in total. The second kappa shape index (κ2) is 8.43. The Morgan fingerprint density at radius 3 is 2.37 bits per heavy atom. The van der Waals surface area contributed by atoms with Gasteiger partial charge in [0, 0.05) is 23.7 Å². The molecule has 0 amide bonds. The monoisotopic (exact) mass is 394 g/mol. The van der Waals surface area contributed by atoms with E-state index in [0.717, 1.165) is 15.9 Å². The first-order valence-corrected chi connectivity index (χ1v) is 9.11. The molecule has 0 fully saturated rings. The average molecular weight is 394 g/mol. The summed E-state index contributed by atoms with van der Waals surface area (Å²) in [5, 5.41) is 8.18. The van der Waals surface area contributed by atoms with Crippen LogP contribution in [0.3, 0.4) is 0 Å². The van der Waals surface area contributed by atoms with Crippen LogP contribution in [-0.4, -0.2) is 38.8 Å². The molecule has 3 rings (SSSR count). The third-order valence-corrected chi connectivity index (χ3v) is 4.74. The summed E-state index contributed by atoms with van der Waals surface area (Å²) in [5.74, 6) is 1.53. The number of methoxy groups -OCH3 is 1. The van der Waals surface area contributed by atoms with Crippen LogP contribution in [-0.2, 0) is 13.0 Å². The number of alkyl halides is 3. The van der Waals surface area contributed by atoms with E-state index in [9.17, 15) is 13.2 Å². The minimum absolute atomic E-state index is 0.182. The summed E-state index contributed by atoms with van der Waals surface area (Å²) in [7, 11) is 1.60. The fourth-order valence-corrected chi connectivity index (χ4v) is 3.41. The van der Waals surface area contributed by atoms with Crippen molar-refractivity contribution in [3.8, 4) is 17.1 Å². The molecule has 1 aromatic carbocycles. The van der Waals surface area contributed by atoms with E-state index in [1.165, 1.54) is 24.2 Å². The smallest absolute Gasteiger partial charge is 0.406 e. The highest BCUT2D eigenvalue weighted by Crippen LogP contribution is 2.28. The van der Waals surface area contributed by atoms with Crippen LogP contribution in [0.15, 0.2) is 53.9 Å². The van der Waals surface area contributed by atoms with Gasteiger partial charge >= 0.3 is 6.18 Å². The minimum atomic E-state index is -4.37. The molecule has 3 aromatic rings. The highest BCUT2D eigenvalue weighted by molar-refractivity contribution is 7.99. The van der Waals surface area contributed by atoms with Crippen LogP contribution in [0.5, 0.6) is 5.75 Å². The number of aryl methyl sites for hydroxylation is 1. The van der Waals surface area contributed by atoms with Gasteiger partial charge in [0.1, 0.15) is 12.3 Å². The van der Waals surface area contributed by atoms with Crippen LogP contribution in [0, 0.1) is 0 Å². The lowest BCUT2D eigenvalue weighted by atomic mass is 10.2. The van der Waals surface area contributed by atoms with Gasteiger partial charge in [-0.25, -0.2) is 0 Å². The summed E-state index contributed by atoms with van der Waals surface area (Å²) in [6.45, 7) is -1.14. The maximum Gasteiger partial charge on any atom is 0.406 e. The number of thioether (sulfide) groups is 1. The van der Waals surface area contributed by atoms with E-state index in [2.05, 4.69) is 15.2 Å². The van der Waals surface area contributed by atoms with E-state index in [0.29, 0.717) is 17.7 Å². The van der Waals surface area contributed by atoms with Crippen molar-refractivity contribution in [2.45, 2.75) is 24.3 Å². The fraction of sp³-hybridized carbons (Fsp3) is 0.278. The second-order valence-electron chi connectivity index (χ2n) is 5.69. The SMILES string of the molecule is COc1ccc(CCSc2nnc(-c3ccncc3)n2CC(F)(F)F)cc1. The molecule has 2 heterocycles. The van der Waals surface area contributed by atoms with Gasteiger partial charge in [0.05, 0.1) is 7.11 Å². The quantitative estimate of drug-likeness (QED) is 0.561. The number of rotatable bonds is 7. The molecule has 142 valence electrons. The Balaban J connectivity index is 1.75. The predicted octanol–water partition coefficient (Wildman–Crippen LogP) is 4.25. The molecule has 9 heteroatoms. The maximum absolute atomic E-state index is 13.0. The van der Waals surface area contributed by atoms with Gasteiger partial charge in [-0.05, 0) is 36.2 Å². The summed E-state index contributed by atoms with van der Waals surface area (Å²) in [6.07, 6.45) is -0.648. The van der Waals surface area contributed by atoms with Gasteiger partial charge in [-0.15, -0.1) is 10.2 Å². The van der Waals surface area contributed by atoms with Crippen molar-refractivity contribution in [3.05, 3.63) is 54.4 Å². The van der Waals surface area contributed by atoms with Crippen molar-refractivity contribution in [2.24, 2.45) is 0 Å². The van der Waals surface area contributed by atoms with Gasteiger partial charge in [0.15, 0.2) is 11.0 Å². The van der Waals surface area contributed by atoms with Gasteiger partial charge in [-0.2, -0.15) is 13.2 Å². The first-order valence-electron chi connectivity index (χ1n) is 8.12. The van der Waals surface area contributed by atoms with E-state index in [1.807, 2.05) is 24.3 Å². The van der Waals surface area contributed by atoms with Gasteiger partial charge in [0.2, 0.25) is 0 Å². The summed E-state index contributed by atoms with van der Waals surface area (Å²) in [6, 6.07) is 10.8. The molecule has 0 radical (unpaired) electrons. The van der Waals surface area contributed by atoms with Crippen LogP contribution in [0.4, 0.5) is 13.2 Å². The highest BCUT2D eigenvalue weighted by atomic mass is 32.2. The third kappa shape index (κ3) is 5.22. The molecule has 0 bridgehead atoms. The molecule has 0 saturated carbocycles. The number of hydrogen-bond donors (Lipinski definition) is 0. The van der Waals surface area contributed by atoms with Crippen molar-refractivity contribution in [2.75, 3.05) is 12.9 Å². The largest absolute Gasteiger partial charge is 0.497 e. The van der Waals surface area contributed by atoms with E-state index < -0.39 is 12.7 Å². The minimum Gasteiger partial charge on any atom is -0.497 e. The van der Waals surface area contributed by atoms with Crippen LogP contribution in [0.1, 0.15) is 5.56 Å².